The first-order chi connectivity index (χ1) is 17.1. The third kappa shape index (κ3) is 4.37. The van der Waals surface area contributed by atoms with E-state index in [1.807, 2.05) is 55.5 Å². The number of amides is 1. The van der Waals surface area contributed by atoms with Gasteiger partial charge in [-0.2, -0.15) is 0 Å². The molecule has 0 radical (unpaired) electrons. The van der Waals surface area contributed by atoms with Crippen molar-refractivity contribution in [2.75, 3.05) is 19.6 Å². The summed E-state index contributed by atoms with van der Waals surface area (Å²) in [5.41, 5.74) is 4.66. The number of carbonyl (C=O) groups is 1. The summed E-state index contributed by atoms with van der Waals surface area (Å²) in [5, 5.41) is 24.7. The summed E-state index contributed by atoms with van der Waals surface area (Å²) >= 11 is 0. The first-order valence-corrected chi connectivity index (χ1v) is 12.3. The molecule has 0 spiro atoms. The molecule has 0 atom stereocenters. The largest absolute Gasteiger partial charge is 0.508 e. The molecule has 180 valence electrons. The van der Waals surface area contributed by atoms with Crippen molar-refractivity contribution < 1.29 is 15.0 Å². The molecule has 6 nitrogen and oxygen atoms in total. The average Bonchev–Trinajstić information content (AvgIpc) is 3.23. The van der Waals surface area contributed by atoms with Crippen molar-refractivity contribution in [1.29, 1.82) is 0 Å². The maximum Gasteiger partial charge on any atom is 0.254 e. The minimum absolute atomic E-state index is 0.166. The molecule has 5 rings (SSSR count). The first kappa shape index (κ1) is 23.0. The number of aromatic hydroxyl groups is 2. The smallest absolute Gasteiger partial charge is 0.254 e. The number of hydrogen-bond donors (Lipinski definition) is 3. The van der Waals surface area contributed by atoms with Crippen LogP contribution in [0.2, 0.25) is 0 Å². The van der Waals surface area contributed by atoms with Gasteiger partial charge in [0.15, 0.2) is 0 Å². The maximum absolute atomic E-state index is 13.7. The topological polar surface area (TPSA) is 77.7 Å². The van der Waals surface area contributed by atoms with Crippen LogP contribution >= 0.6 is 0 Å². The van der Waals surface area contributed by atoms with Crippen molar-refractivity contribution in [1.82, 2.24) is 14.8 Å². The van der Waals surface area contributed by atoms with Gasteiger partial charge in [0.1, 0.15) is 11.5 Å². The van der Waals surface area contributed by atoms with Crippen LogP contribution in [0.3, 0.4) is 0 Å². The number of nitrogens with one attached hydrogen (secondary N) is 1. The summed E-state index contributed by atoms with van der Waals surface area (Å²) in [6.45, 7) is 4.95. The highest BCUT2D eigenvalue weighted by Gasteiger charge is 2.28. The number of fused-ring (bicyclic) bond motifs is 1. The molecule has 1 amide bonds. The maximum atomic E-state index is 13.7. The molecule has 1 aliphatic heterocycles. The van der Waals surface area contributed by atoms with Gasteiger partial charge >= 0.3 is 0 Å². The van der Waals surface area contributed by atoms with E-state index in [9.17, 15) is 15.0 Å². The Bertz CT molecular complexity index is 1340. The summed E-state index contributed by atoms with van der Waals surface area (Å²) < 4.78 is 2.09. The third-order valence-electron chi connectivity index (χ3n) is 6.77. The van der Waals surface area contributed by atoms with E-state index in [2.05, 4.69) is 14.8 Å². The fourth-order valence-corrected chi connectivity index (χ4v) is 5.15. The minimum Gasteiger partial charge on any atom is -0.508 e. The molecule has 1 saturated heterocycles. The normalized spacial score (nSPS) is 14.3. The molecule has 0 aliphatic carbocycles. The van der Waals surface area contributed by atoms with E-state index in [0.29, 0.717) is 18.7 Å². The number of benzene rings is 3. The van der Waals surface area contributed by atoms with Crippen LogP contribution in [0.4, 0.5) is 0 Å². The minimum atomic E-state index is -0.180. The monoisotopic (exact) mass is 469 g/mol. The van der Waals surface area contributed by atoms with E-state index in [1.165, 1.54) is 6.42 Å². The summed E-state index contributed by atoms with van der Waals surface area (Å²) in [4.78, 5) is 16.0. The van der Waals surface area contributed by atoms with Gasteiger partial charge in [0.05, 0.1) is 16.8 Å². The second-order valence-electron chi connectivity index (χ2n) is 9.10. The van der Waals surface area contributed by atoms with Crippen LogP contribution in [0.5, 0.6) is 11.5 Å². The van der Waals surface area contributed by atoms with E-state index in [0.717, 1.165) is 59.3 Å². The summed E-state index contributed by atoms with van der Waals surface area (Å²) in [7, 11) is 0. The van der Waals surface area contributed by atoms with Crippen molar-refractivity contribution in [2.45, 2.75) is 32.7 Å². The van der Waals surface area contributed by atoms with Gasteiger partial charge in [-0.3, -0.25) is 9.69 Å². The van der Waals surface area contributed by atoms with Crippen LogP contribution in [0.25, 0.3) is 27.8 Å². The van der Waals surface area contributed by atoms with Crippen molar-refractivity contribution in [3.05, 3.63) is 77.9 Å². The molecule has 1 fully saturated rings. The molecule has 3 N–H and O–H groups in total. The molecular formula is C29H31N3O3. The number of rotatable bonds is 6. The lowest BCUT2D eigenvalue weighted by Gasteiger charge is -2.27. The molecule has 1 aromatic heterocycles. The fourth-order valence-electron chi connectivity index (χ4n) is 5.15. The Labute approximate surface area is 205 Å². The van der Waals surface area contributed by atoms with E-state index in [-0.39, 0.29) is 17.4 Å². The molecule has 1 aliphatic rings. The van der Waals surface area contributed by atoms with Crippen LogP contribution in [-0.2, 0) is 6.54 Å². The number of hydrogen-bond acceptors (Lipinski definition) is 4. The Kier molecular flexibility index (Phi) is 6.47. The van der Waals surface area contributed by atoms with Crippen LogP contribution < -0.4 is 5.32 Å². The molecule has 0 unspecified atom stereocenters. The van der Waals surface area contributed by atoms with Crippen molar-refractivity contribution >= 4 is 16.8 Å². The van der Waals surface area contributed by atoms with Crippen LogP contribution in [0, 0.1) is 0 Å². The lowest BCUT2D eigenvalue weighted by molar-refractivity contribution is 0.0958. The number of likely N-dealkylation sites (tertiary alicyclic amines) is 1. The Morgan fingerprint density at radius 2 is 1.63 bits per heavy atom. The lowest BCUT2D eigenvalue weighted by Crippen LogP contribution is -2.29. The number of para-hydroxylation sites is 1. The molecular weight excluding hydrogens is 438 g/mol. The average molecular weight is 470 g/mol. The predicted molar refractivity (Wildman–Crippen MR) is 139 cm³/mol. The first-order valence-electron chi connectivity index (χ1n) is 12.3. The molecule has 35 heavy (non-hydrogen) atoms. The van der Waals surface area contributed by atoms with Gasteiger partial charge in [-0.1, -0.05) is 24.6 Å². The Hall–Kier alpha value is -3.77. The van der Waals surface area contributed by atoms with Crippen LogP contribution in [0.1, 0.15) is 42.1 Å². The third-order valence-corrected chi connectivity index (χ3v) is 6.77. The number of aromatic nitrogens is 1. The van der Waals surface area contributed by atoms with E-state index >= 15 is 0 Å². The summed E-state index contributed by atoms with van der Waals surface area (Å²) in [5.74, 6) is 0.191. The second kappa shape index (κ2) is 9.84. The number of piperidine rings is 1. The van der Waals surface area contributed by atoms with Crippen LogP contribution in [-0.4, -0.2) is 45.2 Å². The summed E-state index contributed by atoms with van der Waals surface area (Å²) in [6, 6.07) is 20.5. The van der Waals surface area contributed by atoms with Gasteiger partial charge in [-0.25, -0.2) is 0 Å². The van der Waals surface area contributed by atoms with E-state index in [1.54, 1.807) is 18.2 Å². The van der Waals surface area contributed by atoms with Gasteiger partial charge in [0, 0.05) is 29.7 Å². The molecule has 0 bridgehead atoms. The number of nitrogens with zero attached hydrogens (tertiary/aromatic N) is 2. The lowest BCUT2D eigenvalue weighted by atomic mass is 9.99. The molecule has 6 heteroatoms. The van der Waals surface area contributed by atoms with Crippen molar-refractivity contribution in [3.8, 4) is 28.4 Å². The highest BCUT2D eigenvalue weighted by molar-refractivity contribution is 6.15. The quantitative estimate of drug-likeness (QED) is 0.351. The Balaban J connectivity index is 1.86. The van der Waals surface area contributed by atoms with E-state index in [4.69, 9.17) is 0 Å². The Morgan fingerprint density at radius 1 is 0.914 bits per heavy atom. The van der Waals surface area contributed by atoms with Gasteiger partial charge in [-0.15, -0.1) is 0 Å². The molecule has 0 saturated carbocycles. The summed E-state index contributed by atoms with van der Waals surface area (Å²) in [6.07, 6.45) is 3.51. The predicted octanol–water partition coefficient (Wildman–Crippen LogP) is 5.44. The van der Waals surface area contributed by atoms with E-state index < -0.39 is 0 Å². The zero-order valence-electron chi connectivity index (χ0n) is 20.0. The number of phenols is 2. The highest BCUT2D eigenvalue weighted by atomic mass is 16.3. The highest BCUT2D eigenvalue weighted by Crippen LogP contribution is 2.41. The zero-order chi connectivity index (χ0) is 24.4. The standard InChI is InChI=1S/C29H31N3O3/c1-2-30-29(35)27-26-23(19-31-17-7-4-8-18-31)25(34)16-15-24(26)32(21-9-5-3-6-10-21)28(27)20-11-13-22(33)14-12-20/h3,5-6,9-16,33-34H,2,4,7-8,17-19H2,1H3,(H,30,35). The van der Waals surface area contributed by atoms with Crippen molar-refractivity contribution in [2.24, 2.45) is 0 Å². The fraction of sp³-hybridized carbons (Fsp3) is 0.276. The van der Waals surface area contributed by atoms with Gasteiger partial charge in [0.25, 0.3) is 5.91 Å². The second-order valence-corrected chi connectivity index (χ2v) is 9.10. The van der Waals surface area contributed by atoms with Crippen molar-refractivity contribution in [3.63, 3.8) is 0 Å². The van der Waals surface area contributed by atoms with Crippen LogP contribution in [0.15, 0.2) is 66.7 Å². The molecule has 3 aromatic carbocycles. The molecule has 4 aromatic rings. The zero-order valence-corrected chi connectivity index (χ0v) is 20.0. The van der Waals surface area contributed by atoms with Gasteiger partial charge < -0.3 is 20.1 Å². The Morgan fingerprint density at radius 3 is 2.31 bits per heavy atom. The van der Waals surface area contributed by atoms with Gasteiger partial charge in [0.2, 0.25) is 0 Å². The van der Waals surface area contributed by atoms with Gasteiger partial charge in [-0.05, 0) is 86.9 Å². The molecule has 2 heterocycles. The number of phenolic OH excluding ortho intramolecular Hbond substituents is 2. The SMILES string of the molecule is CCNC(=O)c1c(-c2ccc(O)cc2)n(-c2ccccc2)c2ccc(O)c(CN3CCCCC3)c12. The number of carbonyl (C=O) groups excluding carboxylic acids is 1.